The Morgan fingerprint density at radius 2 is 1.76 bits per heavy atom. The third-order valence-electron chi connectivity index (χ3n) is 7.31. The van der Waals surface area contributed by atoms with E-state index in [-0.39, 0.29) is 0 Å². The van der Waals surface area contributed by atoms with Gasteiger partial charge in [-0.1, -0.05) is 18.2 Å². The smallest absolute Gasteiger partial charge is 0.147 e. The molecule has 3 heterocycles. The summed E-state index contributed by atoms with van der Waals surface area (Å²) in [6.45, 7) is 15.6. The van der Waals surface area contributed by atoms with Gasteiger partial charge in [0.1, 0.15) is 5.82 Å². The minimum Gasteiger partial charge on any atom is -0.352 e. The van der Waals surface area contributed by atoms with Gasteiger partial charge in [0.05, 0.1) is 22.9 Å². The predicted molar refractivity (Wildman–Crippen MR) is 141 cm³/mol. The highest BCUT2D eigenvalue weighted by Crippen LogP contribution is 2.30. The van der Waals surface area contributed by atoms with Gasteiger partial charge in [0.2, 0.25) is 0 Å². The lowest BCUT2D eigenvalue weighted by molar-refractivity contribution is 0.0676. The van der Waals surface area contributed by atoms with Crippen LogP contribution in [0.1, 0.15) is 19.4 Å². The number of rotatable bonds is 7. The SMILES string of the molecule is C=Nc1cc(-c2ccc3ncc(N4CC(N5CCN(C(C)C)CC5)C4)nc3c2)ccc1CCN. The van der Waals surface area contributed by atoms with Crippen LogP contribution in [0.2, 0.25) is 0 Å². The van der Waals surface area contributed by atoms with Crippen LogP contribution in [0.5, 0.6) is 0 Å². The van der Waals surface area contributed by atoms with E-state index in [4.69, 9.17) is 15.7 Å². The van der Waals surface area contributed by atoms with Crippen molar-refractivity contribution in [1.29, 1.82) is 0 Å². The van der Waals surface area contributed by atoms with Gasteiger partial charge in [0.25, 0.3) is 0 Å². The van der Waals surface area contributed by atoms with Gasteiger partial charge in [0.15, 0.2) is 0 Å². The molecule has 2 aliphatic heterocycles. The van der Waals surface area contributed by atoms with E-state index in [2.05, 4.69) is 70.6 Å². The van der Waals surface area contributed by atoms with Gasteiger partial charge in [-0.05, 0) is 68.4 Å². The van der Waals surface area contributed by atoms with Crippen LogP contribution in [-0.4, -0.2) is 84.4 Å². The molecule has 3 aromatic rings. The van der Waals surface area contributed by atoms with Crippen molar-refractivity contribution < 1.29 is 0 Å². The van der Waals surface area contributed by atoms with Crippen LogP contribution < -0.4 is 10.6 Å². The Balaban J connectivity index is 1.29. The first-order valence-corrected chi connectivity index (χ1v) is 12.4. The quantitative estimate of drug-likeness (QED) is 0.549. The second kappa shape index (κ2) is 9.78. The second-order valence-corrected chi connectivity index (χ2v) is 9.70. The Hall–Kier alpha value is -2.87. The number of fused-ring (bicyclic) bond motifs is 1. The first-order chi connectivity index (χ1) is 16.6. The van der Waals surface area contributed by atoms with Gasteiger partial charge in [-0.3, -0.25) is 19.8 Å². The predicted octanol–water partition coefficient (Wildman–Crippen LogP) is 3.34. The summed E-state index contributed by atoms with van der Waals surface area (Å²) in [6, 6.07) is 13.8. The maximum absolute atomic E-state index is 5.73. The molecule has 2 aliphatic rings. The van der Waals surface area contributed by atoms with Crippen molar-refractivity contribution in [2.75, 3.05) is 50.7 Å². The van der Waals surface area contributed by atoms with Gasteiger partial charge in [-0.25, -0.2) is 4.98 Å². The molecule has 34 heavy (non-hydrogen) atoms. The van der Waals surface area contributed by atoms with E-state index in [0.29, 0.717) is 18.6 Å². The first kappa shape index (κ1) is 22.9. The van der Waals surface area contributed by atoms with Crippen molar-refractivity contribution in [1.82, 2.24) is 19.8 Å². The van der Waals surface area contributed by atoms with E-state index in [9.17, 15) is 0 Å². The summed E-state index contributed by atoms with van der Waals surface area (Å²) >= 11 is 0. The molecule has 1 aromatic heterocycles. The topological polar surface area (TPSA) is 73.9 Å². The average Bonchev–Trinajstić information content (AvgIpc) is 2.83. The molecule has 2 saturated heterocycles. The second-order valence-electron chi connectivity index (χ2n) is 9.70. The largest absolute Gasteiger partial charge is 0.352 e. The zero-order valence-corrected chi connectivity index (χ0v) is 20.3. The number of nitrogens with two attached hydrogens (primary N) is 1. The van der Waals surface area contributed by atoms with Crippen LogP contribution in [-0.2, 0) is 6.42 Å². The summed E-state index contributed by atoms with van der Waals surface area (Å²) in [6.07, 6.45) is 2.71. The molecular formula is C27H35N7. The highest BCUT2D eigenvalue weighted by molar-refractivity contribution is 5.83. The Labute approximate surface area is 202 Å². The molecule has 0 radical (unpaired) electrons. The first-order valence-electron chi connectivity index (χ1n) is 12.4. The molecule has 0 saturated carbocycles. The molecule has 7 nitrogen and oxygen atoms in total. The van der Waals surface area contributed by atoms with E-state index in [1.165, 1.54) is 13.1 Å². The molecule has 178 valence electrons. The number of piperazine rings is 1. The fraction of sp³-hybridized carbons (Fsp3) is 0.444. The number of hydrogen-bond acceptors (Lipinski definition) is 7. The summed E-state index contributed by atoms with van der Waals surface area (Å²) in [5.74, 6) is 0.966. The molecule has 0 spiro atoms. The Kier molecular flexibility index (Phi) is 6.59. The van der Waals surface area contributed by atoms with Crippen molar-refractivity contribution >= 4 is 29.3 Å². The number of aliphatic imine (C=N–C) groups is 1. The average molecular weight is 458 g/mol. The van der Waals surface area contributed by atoms with Crippen LogP contribution in [0, 0.1) is 0 Å². The fourth-order valence-electron chi connectivity index (χ4n) is 5.08. The van der Waals surface area contributed by atoms with Gasteiger partial charge < -0.3 is 10.6 Å². The van der Waals surface area contributed by atoms with Crippen molar-refractivity contribution in [2.24, 2.45) is 10.7 Å². The van der Waals surface area contributed by atoms with Crippen LogP contribution in [0.4, 0.5) is 11.5 Å². The normalized spacial score (nSPS) is 17.9. The fourth-order valence-corrected chi connectivity index (χ4v) is 5.08. The summed E-state index contributed by atoms with van der Waals surface area (Å²) in [4.78, 5) is 21.4. The van der Waals surface area contributed by atoms with Crippen LogP contribution in [0.15, 0.2) is 47.6 Å². The third kappa shape index (κ3) is 4.56. The Morgan fingerprint density at radius 1 is 1.03 bits per heavy atom. The molecule has 7 heteroatoms. The van der Waals surface area contributed by atoms with Gasteiger partial charge in [-0.2, -0.15) is 0 Å². The summed E-state index contributed by atoms with van der Waals surface area (Å²) in [5, 5.41) is 0. The van der Waals surface area contributed by atoms with E-state index >= 15 is 0 Å². The molecule has 0 unspecified atom stereocenters. The lowest BCUT2D eigenvalue weighted by Gasteiger charge is -2.49. The summed E-state index contributed by atoms with van der Waals surface area (Å²) in [5.41, 5.74) is 11.8. The highest BCUT2D eigenvalue weighted by Gasteiger charge is 2.34. The molecular weight excluding hydrogens is 422 g/mol. The minimum atomic E-state index is 0.599. The monoisotopic (exact) mass is 457 g/mol. The standard InChI is InChI=1S/C27H35N7/c1-19(2)32-10-12-33(13-11-32)23-17-34(18-23)27-16-30-24-7-6-22(15-26(24)31-27)21-5-4-20(8-9-28)25(14-21)29-3/h4-7,14-16,19,23H,3,8-13,17-18,28H2,1-2H3. The molecule has 5 rings (SSSR count). The highest BCUT2D eigenvalue weighted by atomic mass is 15.4. The van der Waals surface area contributed by atoms with E-state index in [0.717, 1.165) is 71.8 Å². The van der Waals surface area contributed by atoms with Crippen LogP contribution in [0.25, 0.3) is 22.2 Å². The van der Waals surface area contributed by atoms with Crippen molar-refractivity contribution in [3.63, 3.8) is 0 Å². The molecule has 2 aromatic carbocycles. The maximum atomic E-state index is 5.73. The number of benzene rings is 2. The molecule has 2 N–H and O–H groups in total. The lowest BCUT2D eigenvalue weighted by Crippen LogP contribution is -2.63. The summed E-state index contributed by atoms with van der Waals surface area (Å²) in [7, 11) is 0. The van der Waals surface area contributed by atoms with Crippen LogP contribution in [0.3, 0.4) is 0 Å². The number of nitrogens with zero attached hydrogens (tertiary/aromatic N) is 6. The molecule has 0 bridgehead atoms. The van der Waals surface area contributed by atoms with Gasteiger partial charge >= 0.3 is 0 Å². The zero-order chi connectivity index (χ0) is 23.7. The van der Waals surface area contributed by atoms with Gasteiger partial charge in [-0.15, -0.1) is 0 Å². The van der Waals surface area contributed by atoms with E-state index in [1.54, 1.807) is 0 Å². The molecule has 0 aliphatic carbocycles. The molecule has 0 atom stereocenters. The molecule has 0 amide bonds. The summed E-state index contributed by atoms with van der Waals surface area (Å²) < 4.78 is 0. The Bertz CT molecular complexity index is 1160. The van der Waals surface area contributed by atoms with Crippen molar-refractivity contribution in [2.45, 2.75) is 32.4 Å². The van der Waals surface area contributed by atoms with Crippen molar-refractivity contribution in [3.05, 3.63) is 48.2 Å². The van der Waals surface area contributed by atoms with E-state index in [1.807, 2.05) is 12.3 Å². The number of anilines is 1. The number of hydrogen-bond donors (Lipinski definition) is 1. The van der Waals surface area contributed by atoms with Gasteiger partial charge in [0, 0.05) is 51.4 Å². The van der Waals surface area contributed by atoms with E-state index < -0.39 is 0 Å². The minimum absolute atomic E-state index is 0.599. The maximum Gasteiger partial charge on any atom is 0.147 e. The van der Waals surface area contributed by atoms with Crippen molar-refractivity contribution in [3.8, 4) is 11.1 Å². The molecule has 2 fully saturated rings. The Morgan fingerprint density at radius 3 is 2.47 bits per heavy atom. The number of aromatic nitrogens is 2. The lowest BCUT2D eigenvalue weighted by atomic mass is 10.0. The van der Waals surface area contributed by atoms with Crippen LogP contribution >= 0.6 is 0 Å². The third-order valence-corrected chi connectivity index (χ3v) is 7.31. The zero-order valence-electron chi connectivity index (χ0n) is 20.3.